The molecule has 148 valence electrons. The Kier molecular flexibility index (Phi) is 6.82. The molecule has 0 heterocycles. The van der Waals surface area contributed by atoms with E-state index in [-0.39, 0.29) is 13.0 Å². The van der Waals surface area contributed by atoms with Crippen LogP contribution in [0.15, 0.2) is 30.3 Å². The first-order chi connectivity index (χ1) is 12.7. The van der Waals surface area contributed by atoms with Crippen molar-refractivity contribution in [3.8, 4) is 0 Å². The van der Waals surface area contributed by atoms with Crippen molar-refractivity contribution in [2.45, 2.75) is 58.2 Å². The van der Waals surface area contributed by atoms with Gasteiger partial charge in [0.1, 0.15) is 0 Å². The van der Waals surface area contributed by atoms with Crippen molar-refractivity contribution in [1.82, 2.24) is 5.32 Å². The second kappa shape index (κ2) is 8.88. The lowest BCUT2D eigenvalue weighted by molar-refractivity contribution is -0.143. The van der Waals surface area contributed by atoms with E-state index >= 15 is 0 Å². The second-order valence-corrected chi connectivity index (χ2v) is 7.53. The van der Waals surface area contributed by atoms with Gasteiger partial charge in [0.25, 0.3) is 5.79 Å². The number of ether oxygens (including phenoxy) is 2. The van der Waals surface area contributed by atoms with Gasteiger partial charge in [-0.25, -0.2) is 9.59 Å². The first kappa shape index (κ1) is 20.7. The third-order valence-corrected chi connectivity index (χ3v) is 4.73. The number of amides is 1. The molecule has 27 heavy (non-hydrogen) atoms. The molecule has 0 atom stereocenters. The lowest BCUT2D eigenvalue weighted by Gasteiger charge is -2.36. The zero-order valence-electron chi connectivity index (χ0n) is 15.8. The maximum Gasteiger partial charge on any atom is 0.410 e. The summed E-state index contributed by atoms with van der Waals surface area (Å²) in [4.78, 5) is 35.5. The van der Waals surface area contributed by atoms with Crippen molar-refractivity contribution in [1.29, 1.82) is 0 Å². The molecule has 0 saturated heterocycles. The molecule has 1 saturated carbocycles. The number of benzene rings is 1. The summed E-state index contributed by atoms with van der Waals surface area (Å²) in [6.07, 6.45) is 3.76. The van der Waals surface area contributed by atoms with Crippen LogP contribution in [-0.4, -0.2) is 35.5 Å². The number of alkyl carbamates (subject to hydrolysis) is 1. The Morgan fingerprint density at radius 2 is 1.70 bits per heavy atom. The van der Waals surface area contributed by atoms with Crippen molar-refractivity contribution in [3.63, 3.8) is 0 Å². The Labute approximate surface area is 159 Å². The van der Waals surface area contributed by atoms with E-state index in [1.165, 1.54) is 13.8 Å². The minimum absolute atomic E-state index is 0.0136. The number of hydrogen-bond acceptors (Lipinski definition) is 5. The van der Waals surface area contributed by atoms with E-state index in [2.05, 4.69) is 5.32 Å². The van der Waals surface area contributed by atoms with Crippen molar-refractivity contribution in [3.05, 3.63) is 35.9 Å². The lowest BCUT2D eigenvalue weighted by atomic mass is 9.72. The molecule has 0 aromatic heterocycles. The summed E-state index contributed by atoms with van der Waals surface area (Å²) in [5, 5.41) is 11.8. The number of nitrogens with one attached hydrogen (secondary N) is 1. The maximum absolute atomic E-state index is 12.2. The number of carbonyl (C=O) groups is 3. The summed E-state index contributed by atoms with van der Waals surface area (Å²) in [5.41, 5.74) is -0.0919. The molecule has 2 rings (SSSR count). The molecule has 1 aliphatic rings. The highest BCUT2D eigenvalue weighted by Gasteiger charge is 2.36. The first-order valence-electron chi connectivity index (χ1n) is 9.18. The van der Waals surface area contributed by atoms with Crippen LogP contribution in [0.5, 0.6) is 0 Å². The van der Waals surface area contributed by atoms with Crippen LogP contribution in [0.1, 0.15) is 62.7 Å². The van der Waals surface area contributed by atoms with E-state index < -0.39 is 29.2 Å². The monoisotopic (exact) mass is 377 g/mol. The number of hydrogen-bond donors (Lipinski definition) is 2. The fourth-order valence-corrected chi connectivity index (χ4v) is 3.43. The first-order valence-corrected chi connectivity index (χ1v) is 9.18. The molecule has 0 aliphatic heterocycles. The Balaban J connectivity index is 1.89. The summed E-state index contributed by atoms with van der Waals surface area (Å²) < 4.78 is 10.5. The molecule has 1 aromatic rings. The molecule has 1 fully saturated rings. The number of aliphatic carboxylic acids is 1. The SMILES string of the molecule is CC(C)(OC(=O)NCC1(CC(=O)O)CCCCC1)OC(=O)c1ccccc1. The highest BCUT2D eigenvalue weighted by atomic mass is 16.7. The van der Waals surface area contributed by atoms with Gasteiger partial charge >= 0.3 is 18.0 Å². The summed E-state index contributed by atoms with van der Waals surface area (Å²) in [6.45, 7) is 3.17. The molecular formula is C20H27NO6. The molecule has 1 aromatic carbocycles. The minimum atomic E-state index is -1.45. The smallest absolute Gasteiger partial charge is 0.410 e. The highest BCUT2D eigenvalue weighted by molar-refractivity contribution is 5.89. The molecular weight excluding hydrogens is 350 g/mol. The highest BCUT2D eigenvalue weighted by Crippen LogP contribution is 2.38. The van der Waals surface area contributed by atoms with Gasteiger partial charge in [-0.15, -0.1) is 0 Å². The molecule has 1 amide bonds. The molecule has 0 unspecified atom stereocenters. The Bertz CT molecular complexity index is 664. The quantitative estimate of drug-likeness (QED) is 0.554. The van der Waals surface area contributed by atoms with Gasteiger partial charge in [-0.1, -0.05) is 37.5 Å². The molecule has 7 heteroatoms. The fourth-order valence-electron chi connectivity index (χ4n) is 3.43. The molecule has 0 radical (unpaired) electrons. The topological polar surface area (TPSA) is 102 Å². The van der Waals surface area contributed by atoms with E-state index in [0.29, 0.717) is 5.56 Å². The number of rotatable bonds is 7. The average molecular weight is 377 g/mol. The number of carboxylic acids is 1. The Hall–Kier alpha value is -2.57. The van der Waals surface area contributed by atoms with Crippen LogP contribution in [0.25, 0.3) is 0 Å². The largest absolute Gasteiger partial charge is 0.481 e. The van der Waals surface area contributed by atoms with Crippen molar-refractivity contribution >= 4 is 18.0 Å². The van der Waals surface area contributed by atoms with Gasteiger partial charge in [-0.05, 0) is 30.4 Å². The standard InChI is InChI=1S/C20H27NO6/c1-19(2,26-17(24)15-9-5-3-6-10-15)27-18(25)21-14-20(13-16(22)23)11-7-4-8-12-20/h3,5-6,9-10H,4,7-8,11-14H2,1-2H3,(H,21,25)(H,22,23). The molecule has 7 nitrogen and oxygen atoms in total. The van der Waals surface area contributed by atoms with Gasteiger partial charge in [0.05, 0.1) is 12.0 Å². The minimum Gasteiger partial charge on any atom is -0.481 e. The van der Waals surface area contributed by atoms with E-state index in [1.807, 2.05) is 0 Å². The van der Waals surface area contributed by atoms with E-state index in [9.17, 15) is 19.5 Å². The summed E-state index contributed by atoms with van der Waals surface area (Å²) in [5.74, 6) is -2.92. The Morgan fingerprint density at radius 1 is 1.07 bits per heavy atom. The van der Waals surface area contributed by atoms with E-state index in [4.69, 9.17) is 9.47 Å². The summed E-state index contributed by atoms with van der Waals surface area (Å²) >= 11 is 0. The Morgan fingerprint density at radius 3 is 2.30 bits per heavy atom. The number of carbonyl (C=O) groups excluding carboxylic acids is 2. The zero-order chi connectivity index (χ0) is 19.9. The number of carboxylic acid groups (broad SMARTS) is 1. The third-order valence-electron chi connectivity index (χ3n) is 4.73. The third kappa shape index (κ3) is 6.58. The van der Waals surface area contributed by atoms with Crippen molar-refractivity contribution < 1.29 is 29.0 Å². The fraction of sp³-hybridized carbons (Fsp3) is 0.550. The van der Waals surface area contributed by atoms with Crippen LogP contribution in [-0.2, 0) is 14.3 Å². The van der Waals surface area contributed by atoms with Crippen LogP contribution in [0, 0.1) is 5.41 Å². The van der Waals surface area contributed by atoms with Crippen LogP contribution in [0.3, 0.4) is 0 Å². The van der Waals surface area contributed by atoms with E-state index in [1.54, 1.807) is 30.3 Å². The summed E-state index contributed by atoms with van der Waals surface area (Å²) in [6, 6.07) is 8.42. The van der Waals surface area contributed by atoms with Gasteiger partial charge in [-0.2, -0.15) is 0 Å². The zero-order valence-corrected chi connectivity index (χ0v) is 15.8. The number of esters is 1. The molecule has 0 bridgehead atoms. The summed E-state index contributed by atoms with van der Waals surface area (Å²) in [7, 11) is 0. The normalized spacial score (nSPS) is 16.2. The van der Waals surface area contributed by atoms with E-state index in [0.717, 1.165) is 32.1 Å². The second-order valence-electron chi connectivity index (χ2n) is 7.53. The van der Waals surface area contributed by atoms with Crippen molar-refractivity contribution in [2.75, 3.05) is 6.54 Å². The van der Waals surface area contributed by atoms with Gasteiger partial charge in [0, 0.05) is 20.4 Å². The molecule has 0 spiro atoms. The van der Waals surface area contributed by atoms with Gasteiger partial charge in [0.15, 0.2) is 0 Å². The predicted molar refractivity (Wildman–Crippen MR) is 98.2 cm³/mol. The molecule has 1 aliphatic carbocycles. The predicted octanol–water partition coefficient (Wildman–Crippen LogP) is 3.73. The van der Waals surface area contributed by atoms with Crippen LogP contribution in [0.4, 0.5) is 4.79 Å². The molecule has 2 N–H and O–H groups in total. The average Bonchev–Trinajstić information content (AvgIpc) is 2.60. The van der Waals surface area contributed by atoms with Gasteiger partial charge in [0.2, 0.25) is 0 Å². The maximum atomic E-state index is 12.2. The van der Waals surface area contributed by atoms with Crippen molar-refractivity contribution in [2.24, 2.45) is 5.41 Å². The van der Waals surface area contributed by atoms with Gasteiger partial charge < -0.3 is 19.9 Å². The van der Waals surface area contributed by atoms with Crippen LogP contribution >= 0.6 is 0 Å². The van der Waals surface area contributed by atoms with Crippen LogP contribution < -0.4 is 5.32 Å². The lowest BCUT2D eigenvalue weighted by Crippen LogP contribution is -2.44. The van der Waals surface area contributed by atoms with Crippen LogP contribution in [0.2, 0.25) is 0 Å². The van der Waals surface area contributed by atoms with Gasteiger partial charge in [-0.3, -0.25) is 4.79 Å².